The van der Waals surface area contributed by atoms with E-state index in [-0.39, 0.29) is 23.6 Å². The Kier molecular flexibility index (Phi) is 9.03. The van der Waals surface area contributed by atoms with E-state index in [0.29, 0.717) is 22.8 Å². The predicted molar refractivity (Wildman–Crippen MR) is 119 cm³/mol. The summed E-state index contributed by atoms with van der Waals surface area (Å²) < 4.78 is 16.5. The first kappa shape index (κ1) is 23.6. The van der Waals surface area contributed by atoms with E-state index in [1.54, 1.807) is 44.6 Å². The van der Waals surface area contributed by atoms with Gasteiger partial charge in [0, 0.05) is 17.0 Å². The van der Waals surface area contributed by atoms with Gasteiger partial charge in [0.15, 0.2) is 0 Å². The number of benzene rings is 2. The summed E-state index contributed by atoms with van der Waals surface area (Å²) in [5, 5.41) is 10.4. The molecule has 0 aliphatic rings. The molecule has 2 unspecified atom stereocenters. The largest absolute Gasteiger partial charge is 0.508 e. The van der Waals surface area contributed by atoms with Crippen molar-refractivity contribution in [2.75, 3.05) is 14.2 Å². The van der Waals surface area contributed by atoms with Crippen LogP contribution in [0.25, 0.3) is 0 Å². The Labute approximate surface area is 180 Å². The van der Waals surface area contributed by atoms with Gasteiger partial charge < -0.3 is 19.3 Å². The zero-order valence-corrected chi connectivity index (χ0v) is 18.7. The highest BCUT2D eigenvalue weighted by Gasteiger charge is 2.22. The zero-order valence-electron chi connectivity index (χ0n) is 18.7. The highest BCUT2D eigenvalue weighted by molar-refractivity contribution is 5.75. The number of hydrogen-bond acceptors (Lipinski definition) is 5. The molecule has 0 spiro atoms. The van der Waals surface area contributed by atoms with Crippen molar-refractivity contribution in [2.45, 2.75) is 58.8 Å². The molecule has 0 saturated heterocycles. The molecule has 0 amide bonds. The van der Waals surface area contributed by atoms with Gasteiger partial charge in [0.2, 0.25) is 0 Å². The van der Waals surface area contributed by atoms with E-state index in [0.717, 1.165) is 24.8 Å². The van der Waals surface area contributed by atoms with E-state index in [1.165, 1.54) is 12.8 Å². The molecule has 2 aromatic carbocycles. The molecule has 164 valence electrons. The van der Waals surface area contributed by atoms with E-state index < -0.39 is 0 Å². The molecule has 2 rings (SSSR count). The van der Waals surface area contributed by atoms with Crippen LogP contribution in [0.5, 0.6) is 23.0 Å². The summed E-state index contributed by atoms with van der Waals surface area (Å²) in [7, 11) is 3.18. The standard InChI is InChI=1S/C25H34O5/c1-6-7-8-9-10-17(2)25(27)30-24-14-12-20(29-5)16-22(24)18(3)21-15-19(28-4)11-13-23(21)26/h11-18,26H,6-10H2,1-5H3. The summed E-state index contributed by atoms with van der Waals surface area (Å²) >= 11 is 0. The average molecular weight is 415 g/mol. The minimum absolute atomic E-state index is 0.160. The molecule has 1 N–H and O–H groups in total. The summed E-state index contributed by atoms with van der Waals surface area (Å²) in [6.45, 7) is 6.04. The Balaban J connectivity index is 2.26. The molecule has 0 aliphatic carbocycles. The van der Waals surface area contributed by atoms with Crippen molar-refractivity contribution in [3.8, 4) is 23.0 Å². The maximum absolute atomic E-state index is 12.7. The van der Waals surface area contributed by atoms with Crippen LogP contribution in [0.3, 0.4) is 0 Å². The summed E-state index contributed by atoms with van der Waals surface area (Å²) in [6, 6.07) is 10.5. The van der Waals surface area contributed by atoms with Gasteiger partial charge in [-0.15, -0.1) is 0 Å². The number of phenols is 1. The highest BCUT2D eigenvalue weighted by atomic mass is 16.5. The number of phenolic OH excluding ortho intramolecular Hbond substituents is 1. The molecule has 0 saturated carbocycles. The van der Waals surface area contributed by atoms with Crippen molar-refractivity contribution in [3.05, 3.63) is 47.5 Å². The Hall–Kier alpha value is -2.69. The molecule has 0 bridgehead atoms. The molecule has 5 nitrogen and oxygen atoms in total. The number of ether oxygens (including phenoxy) is 3. The van der Waals surface area contributed by atoms with Gasteiger partial charge >= 0.3 is 5.97 Å². The maximum atomic E-state index is 12.7. The fourth-order valence-electron chi connectivity index (χ4n) is 3.46. The lowest BCUT2D eigenvalue weighted by Crippen LogP contribution is -2.19. The first-order valence-electron chi connectivity index (χ1n) is 10.7. The van der Waals surface area contributed by atoms with Gasteiger partial charge in [0.25, 0.3) is 0 Å². The van der Waals surface area contributed by atoms with E-state index in [9.17, 15) is 9.90 Å². The average Bonchev–Trinajstić information content (AvgIpc) is 2.76. The lowest BCUT2D eigenvalue weighted by Gasteiger charge is -2.20. The van der Waals surface area contributed by atoms with Crippen molar-refractivity contribution in [1.82, 2.24) is 0 Å². The number of unbranched alkanes of at least 4 members (excludes halogenated alkanes) is 3. The molecule has 0 heterocycles. The Bertz CT molecular complexity index is 830. The van der Waals surface area contributed by atoms with Crippen molar-refractivity contribution in [3.63, 3.8) is 0 Å². The second-order valence-electron chi connectivity index (χ2n) is 7.72. The fraction of sp³-hybridized carbons (Fsp3) is 0.480. The summed E-state index contributed by atoms with van der Waals surface area (Å²) in [6.07, 6.45) is 5.33. The van der Waals surface area contributed by atoms with Crippen LogP contribution < -0.4 is 14.2 Å². The molecule has 2 aromatic rings. The quantitative estimate of drug-likeness (QED) is 0.274. The van der Waals surface area contributed by atoms with Crippen LogP contribution in [0, 0.1) is 5.92 Å². The SMILES string of the molecule is CCCCCCC(C)C(=O)Oc1ccc(OC)cc1C(C)c1cc(OC)ccc1O. The Morgan fingerprint density at radius 1 is 0.933 bits per heavy atom. The van der Waals surface area contributed by atoms with Gasteiger partial charge in [0.1, 0.15) is 23.0 Å². The van der Waals surface area contributed by atoms with Gasteiger partial charge in [0.05, 0.1) is 20.1 Å². The molecule has 5 heteroatoms. The lowest BCUT2D eigenvalue weighted by atomic mass is 9.91. The van der Waals surface area contributed by atoms with Gasteiger partial charge in [-0.3, -0.25) is 4.79 Å². The van der Waals surface area contributed by atoms with Gasteiger partial charge in [-0.05, 0) is 42.8 Å². The first-order valence-corrected chi connectivity index (χ1v) is 10.7. The summed E-state index contributed by atoms with van der Waals surface area (Å²) in [4.78, 5) is 12.7. The van der Waals surface area contributed by atoms with Crippen LogP contribution in [0.2, 0.25) is 0 Å². The number of esters is 1. The Morgan fingerprint density at radius 3 is 2.20 bits per heavy atom. The summed E-state index contributed by atoms with van der Waals surface area (Å²) in [5.74, 6) is 1.31. The zero-order chi connectivity index (χ0) is 22.1. The van der Waals surface area contributed by atoms with Gasteiger partial charge in [-0.25, -0.2) is 0 Å². The second kappa shape index (κ2) is 11.5. The molecule has 0 aliphatic heterocycles. The van der Waals surface area contributed by atoms with E-state index >= 15 is 0 Å². The van der Waals surface area contributed by atoms with Crippen molar-refractivity contribution < 1.29 is 24.1 Å². The molecule has 0 fully saturated rings. The number of methoxy groups -OCH3 is 2. The minimum atomic E-state index is -0.238. The first-order chi connectivity index (χ1) is 14.4. The van der Waals surface area contributed by atoms with Gasteiger partial charge in [-0.2, -0.15) is 0 Å². The predicted octanol–water partition coefficient (Wildman–Crippen LogP) is 6.07. The topological polar surface area (TPSA) is 65.0 Å². The molecule has 0 aromatic heterocycles. The number of carbonyl (C=O) groups excluding carboxylic acids is 1. The smallest absolute Gasteiger partial charge is 0.314 e. The third kappa shape index (κ3) is 6.15. The van der Waals surface area contributed by atoms with E-state index in [2.05, 4.69) is 6.92 Å². The third-order valence-corrected chi connectivity index (χ3v) is 5.49. The van der Waals surface area contributed by atoms with Crippen LogP contribution in [0.4, 0.5) is 0 Å². The molecular weight excluding hydrogens is 380 g/mol. The van der Waals surface area contributed by atoms with Crippen LogP contribution in [-0.2, 0) is 4.79 Å². The normalized spacial score (nSPS) is 12.8. The third-order valence-electron chi connectivity index (χ3n) is 5.49. The minimum Gasteiger partial charge on any atom is -0.508 e. The van der Waals surface area contributed by atoms with Crippen molar-refractivity contribution in [2.24, 2.45) is 5.92 Å². The number of hydrogen-bond donors (Lipinski definition) is 1. The Morgan fingerprint density at radius 2 is 1.57 bits per heavy atom. The number of rotatable bonds is 11. The second-order valence-corrected chi connectivity index (χ2v) is 7.72. The van der Waals surface area contributed by atoms with Crippen LogP contribution in [0.1, 0.15) is 69.9 Å². The van der Waals surface area contributed by atoms with Crippen molar-refractivity contribution >= 4 is 5.97 Å². The summed E-state index contributed by atoms with van der Waals surface area (Å²) in [5.41, 5.74) is 1.46. The fourth-order valence-corrected chi connectivity index (χ4v) is 3.46. The van der Waals surface area contributed by atoms with Crippen LogP contribution >= 0.6 is 0 Å². The van der Waals surface area contributed by atoms with E-state index in [4.69, 9.17) is 14.2 Å². The van der Waals surface area contributed by atoms with Crippen LogP contribution in [0.15, 0.2) is 36.4 Å². The van der Waals surface area contributed by atoms with Gasteiger partial charge in [-0.1, -0.05) is 46.5 Å². The van der Waals surface area contributed by atoms with E-state index in [1.807, 2.05) is 19.9 Å². The number of carbonyl (C=O) groups is 1. The maximum Gasteiger partial charge on any atom is 0.314 e. The molecule has 0 radical (unpaired) electrons. The molecule has 2 atom stereocenters. The molecular formula is C25H34O5. The highest BCUT2D eigenvalue weighted by Crippen LogP contribution is 2.39. The van der Waals surface area contributed by atoms with Crippen molar-refractivity contribution in [1.29, 1.82) is 0 Å². The lowest BCUT2D eigenvalue weighted by molar-refractivity contribution is -0.138. The number of aromatic hydroxyl groups is 1. The van der Waals surface area contributed by atoms with Crippen LogP contribution in [-0.4, -0.2) is 25.3 Å². The monoisotopic (exact) mass is 414 g/mol. The molecule has 30 heavy (non-hydrogen) atoms.